The number of nitrogens with zero attached hydrogens (tertiary/aromatic N) is 1. The van der Waals surface area contributed by atoms with Crippen LogP contribution < -0.4 is 0 Å². The van der Waals surface area contributed by atoms with Gasteiger partial charge in [-0.2, -0.15) is 0 Å². The summed E-state index contributed by atoms with van der Waals surface area (Å²) in [6.07, 6.45) is 2.52. The Morgan fingerprint density at radius 3 is 3.12 bits per heavy atom. The van der Waals surface area contributed by atoms with Crippen molar-refractivity contribution < 1.29 is 5.11 Å². The van der Waals surface area contributed by atoms with E-state index in [9.17, 15) is 0 Å². The molecule has 0 amide bonds. The van der Waals surface area contributed by atoms with Crippen LogP contribution in [-0.4, -0.2) is 36.0 Å². The predicted octanol–water partition coefficient (Wildman–Crippen LogP) is 2.15. The molecule has 3 heteroatoms. The largest absolute Gasteiger partial charge is 0.395 e. The maximum atomic E-state index is 8.86. The average molecular weight is 237 g/mol. The Hall–Kier alpha value is -0.510. The molecule has 0 unspecified atom stereocenters. The first-order valence-corrected chi connectivity index (χ1v) is 6.82. The van der Waals surface area contributed by atoms with Crippen molar-refractivity contribution in [2.75, 3.05) is 26.0 Å². The van der Waals surface area contributed by atoms with Crippen molar-refractivity contribution in [2.24, 2.45) is 0 Å². The number of benzene rings is 1. The Morgan fingerprint density at radius 1 is 1.44 bits per heavy atom. The van der Waals surface area contributed by atoms with Crippen molar-refractivity contribution >= 4 is 11.8 Å². The quantitative estimate of drug-likeness (QED) is 0.868. The zero-order valence-corrected chi connectivity index (χ0v) is 10.6. The van der Waals surface area contributed by atoms with Crippen LogP contribution in [0.3, 0.4) is 0 Å². The van der Waals surface area contributed by atoms with Gasteiger partial charge in [0, 0.05) is 18.0 Å². The van der Waals surface area contributed by atoms with Gasteiger partial charge in [-0.25, -0.2) is 0 Å². The molecule has 0 radical (unpaired) electrons. The van der Waals surface area contributed by atoms with Gasteiger partial charge in [-0.05, 0) is 42.8 Å². The molecule has 0 aliphatic carbocycles. The number of likely N-dealkylation sites (N-methyl/N-ethyl adjacent to an activating group) is 1. The van der Waals surface area contributed by atoms with Crippen molar-refractivity contribution in [1.82, 2.24) is 4.90 Å². The van der Waals surface area contributed by atoms with Gasteiger partial charge in [-0.3, -0.25) is 4.90 Å². The maximum Gasteiger partial charge on any atom is 0.0558 e. The summed E-state index contributed by atoms with van der Waals surface area (Å²) in [6.45, 7) is 1.90. The van der Waals surface area contributed by atoms with E-state index in [2.05, 4.69) is 23.1 Å². The molecule has 0 fully saturated rings. The minimum Gasteiger partial charge on any atom is -0.395 e. The van der Waals surface area contributed by atoms with Gasteiger partial charge in [0.25, 0.3) is 0 Å². The normalized spacial score (nSPS) is 15.2. The molecule has 0 saturated heterocycles. The highest BCUT2D eigenvalue weighted by Gasteiger charge is 2.10. The van der Waals surface area contributed by atoms with Crippen LogP contribution in [0.4, 0.5) is 0 Å². The summed E-state index contributed by atoms with van der Waals surface area (Å²) in [6, 6.07) is 6.79. The molecule has 0 atom stereocenters. The van der Waals surface area contributed by atoms with Crippen molar-refractivity contribution in [2.45, 2.75) is 24.3 Å². The third kappa shape index (κ3) is 3.00. The zero-order valence-electron chi connectivity index (χ0n) is 9.78. The highest BCUT2D eigenvalue weighted by atomic mass is 32.2. The molecule has 0 saturated carbocycles. The van der Waals surface area contributed by atoms with Gasteiger partial charge < -0.3 is 5.11 Å². The lowest BCUT2D eigenvalue weighted by atomic mass is 10.1. The van der Waals surface area contributed by atoms with Crippen LogP contribution in [0.25, 0.3) is 0 Å². The molecule has 1 aliphatic rings. The smallest absolute Gasteiger partial charge is 0.0558 e. The van der Waals surface area contributed by atoms with E-state index in [4.69, 9.17) is 5.11 Å². The lowest BCUT2D eigenvalue weighted by molar-refractivity contribution is 0.217. The highest BCUT2D eigenvalue weighted by molar-refractivity contribution is 7.99. The number of rotatable bonds is 4. The van der Waals surface area contributed by atoms with Crippen LogP contribution in [0.2, 0.25) is 0 Å². The second-order valence-corrected chi connectivity index (χ2v) is 5.49. The molecule has 0 bridgehead atoms. The number of aliphatic hydroxyl groups is 1. The summed E-state index contributed by atoms with van der Waals surface area (Å²) in [4.78, 5) is 3.61. The SMILES string of the molecule is CN(CCO)Cc1ccc2c(c1)CCCS2. The Morgan fingerprint density at radius 2 is 2.31 bits per heavy atom. The van der Waals surface area contributed by atoms with Gasteiger partial charge in [0.2, 0.25) is 0 Å². The van der Waals surface area contributed by atoms with Crippen molar-refractivity contribution in [3.8, 4) is 0 Å². The van der Waals surface area contributed by atoms with E-state index in [1.807, 2.05) is 18.8 Å². The van der Waals surface area contributed by atoms with Gasteiger partial charge in [0.1, 0.15) is 0 Å². The molecule has 1 aromatic rings. The summed E-state index contributed by atoms with van der Waals surface area (Å²) in [5, 5.41) is 8.86. The first-order chi connectivity index (χ1) is 7.79. The average Bonchev–Trinajstić information content (AvgIpc) is 2.29. The molecule has 2 nitrogen and oxygen atoms in total. The number of aryl methyl sites for hydroxylation is 1. The second kappa shape index (κ2) is 5.71. The van der Waals surface area contributed by atoms with Crippen LogP contribution in [0.5, 0.6) is 0 Å². The molecule has 16 heavy (non-hydrogen) atoms. The topological polar surface area (TPSA) is 23.5 Å². The Kier molecular flexibility index (Phi) is 4.27. The van der Waals surface area contributed by atoms with E-state index in [1.165, 1.54) is 34.6 Å². The van der Waals surface area contributed by atoms with Crippen LogP contribution in [-0.2, 0) is 13.0 Å². The Balaban J connectivity index is 2.05. The monoisotopic (exact) mass is 237 g/mol. The van der Waals surface area contributed by atoms with Gasteiger partial charge in [0.05, 0.1) is 6.61 Å². The van der Waals surface area contributed by atoms with Gasteiger partial charge >= 0.3 is 0 Å². The summed E-state index contributed by atoms with van der Waals surface area (Å²) in [5.74, 6) is 1.26. The van der Waals surface area contributed by atoms with Gasteiger partial charge in [-0.15, -0.1) is 11.8 Å². The van der Waals surface area contributed by atoms with Crippen molar-refractivity contribution in [3.05, 3.63) is 29.3 Å². The number of thioether (sulfide) groups is 1. The number of aliphatic hydroxyl groups excluding tert-OH is 1. The number of hydrogen-bond donors (Lipinski definition) is 1. The lowest BCUT2D eigenvalue weighted by Gasteiger charge is -2.19. The fourth-order valence-corrected chi connectivity index (χ4v) is 3.09. The minimum absolute atomic E-state index is 0.233. The van der Waals surface area contributed by atoms with Gasteiger partial charge in [0.15, 0.2) is 0 Å². The molecule has 0 aromatic heterocycles. The summed E-state index contributed by atoms with van der Waals surface area (Å²) >= 11 is 1.97. The first-order valence-electron chi connectivity index (χ1n) is 5.83. The summed E-state index contributed by atoms with van der Waals surface area (Å²) in [5.41, 5.74) is 2.86. The summed E-state index contributed by atoms with van der Waals surface area (Å²) in [7, 11) is 2.05. The molecule has 88 valence electrons. The highest BCUT2D eigenvalue weighted by Crippen LogP contribution is 2.30. The lowest BCUT2D eigenvalue weighted by Crippen LogP contribution is -2.21. The maximum absolute atomic E-state index is 8.86. The van der Waals surface area contributed by atoms with Crippen LogP contribution in [0.1, 0.15) is 17.5 Å². The molecule has 2 rings (SSSR count). The minimum atomic E-state index is 0.233. The molecule has 0 spiro atoms. The van der Waals surface area contributed by atoms with E-state index in [0.717, 1.165) is 13.1 Å². The third-order valence-electron chi connectivity index (χ3n) is 2.91. The Labute approximate surface area is 102 Å². The van der Waals surface area contributed by atoms with E-state index >= 15 is 0 Å². The second-order valence-electron chi connectivity index (χ2n) is 4.36. The predicted molar refractivity (Wildman–Crippen MR) is 68.9 cm³/mol. The van der Waals surface area contributed by atoms with E-state index in [-0.39, 0.29) is 6.61 Å². The Bertz CT molecular complexity index is 354. The fraction of sp³-hybridized carbons (Fsp3) is 0.538. The molecular formula is C13H19NOS. The van der Waals surface area contributed by atoms with Crippen molar-refractivity contribution in [3.63, 3.8) is 0 Å². The summed E-state index contributed by atoms with van der Waals surface area (Å²) < 4.78 is 0. The third-order valence-corrected chi connectivity index (χ3v) is 4.11. The molecular weight excluding hydrogens is 218 g/mol. The van der Waals surface area contributed by atoms with E-state index in [0.29, 0.717) is 0 Å². The number of hydrogen-bond acceptors (Lipinski definition) is 3. The molecule has 1 heterocycles. The molecule has 1 aliphatic heterocycles. The number of fused-ring (bicyclic) bond motifs is 1. The van der Waals surface area contributed by atoms with Crippen LogP contribution >= 0.6 is 11.8 Å². The van der Waals surface area contributed by atoms with Gasteiger partial charge in [-0.1, -0.05) is 12.1 Å². The van der Waals surface area contributed by atoms with E-state index in [1.54, 1.807) is 0 Å². The van der Waals surface area contributed by atoms with Crippen LogP contribution in [0, 0.1) is 0 Å². The first kappa shape index (κ1) is 12.0. The fourth-order valence-electron chi connectivity index (χ4n) is 2.07. The zero-order chi connectivity index (χ0) is 11.4. The standard InChI is InChI=1S/C13H19NOS/c1-14(6-7-15)10-11-4-5-13-12(9-11)3-2-8-16-13/h4-5,9,15H,2-3,6-8,10H2,1H3. The van der Waals surface area contributed by atoms with Crippen LogP contribution in [0.15, 0.2) is 23.1 Å². The van der Waals surface area contributed by atoms with Crippen molar-refractivity contribution in [1.29, 1.82) is 0 Å². The van der Waals surface area contributed by atoms with E-state index < -0.39 is 0 Å². The molecule has 1 N–H and O–H groups in total. The molecule has 1 aromatic carbocycles.